The summed E-state index contributed by atoms with van der Waals surface area (Å²) in [6.45, 7) is 0. The predicted molar refractivity (Wildman–Crippen MR) is 36.2 cm³/mol. The van der Waals surface area contributed by atoms with Crippen LogP contribution in [0.5, 0.6) is 0 Å². The van der Waals surface area contributed by atoms with Crippen molar-refractivity contribution in [2.45, 2.75) is 5.50 Å². The summed E-state index contributed by atoms with van der Waals surface area (Å²) in [6.07, 6.45) is 0. The lowest BCUT2D eigenvalue weighted by atomic mass is 10.5. The van der Waals surface area contributed by atoms with Crippen molar-refractivity contribution in [1.82, 2.24) is 5.32 Å². The lowest BCUT2D eigenvalue weighted by Gasteiger charge is -2.04. The van der Waals surface area contributed by atoms with Crippen LogP contribution in [0.1, 0.15) is 0 Å². The summed E-state index contributed by atoms with van der Waals surface area (Å²) in [6, 6.07) is 0. The number of halogens is 1. The molecule has 11 heavy (non-hydrogen) atoms. The molecule has 1 unspecified atom stereocenters. The molecule has 3 amide bonds. The van der Waals surface area contributed by atoms with Gasteiger partial charge in [0.2, 0.25) is 0 Å². The van der Waals surface area contributed by atoms with Crippen LogP contribution in [0.3, 0.4) is 0 Å². The number of rotatable bonds is 2. The first kappa shape index (κ1) is 9.70. The van der Waals surface area contributed by atoms with E-state index in [0.29, 0.717) is 0 Å². The third-order valence-electron chi connectivity index (χ3n) is 0.731. The average molecular weight is 180 g/mol. The highest BCUT2D eigenvalue weighted by atomic mass is 35.5. The Labute approximate surface area is 66.9 Å². The fourth-order valence-corrected chi connectivity index (χ4v) is 0.356. The Bertz CT molecular complexity index is 205. The number of hydrogen-bond acceptors (Lipinski definition) is 3. The highest BCUT2D eigenvalue weighted by Crippen LogP contribution is 1.87. The molecule has 0 aromatic carbocycles. The number of amides is 3. The van der Waals surface area contributed by atoms with Crippen molar-refractivity contribution in [2.24, 2.45) is 11.5 Å². The van der Waals surface area contributed by atoms with Gasteiger partial charge in [-0.25, -0.2) is 0 Å². The molecular weight excluding hydrogens is 174 g/mol. The summed E-state index contributed by atoms with van der Waals surface area (Å²) in [5.74, 6) is -3.33. The van der Waals surface area contributed by atoms with E-state index in [1.807, 2.05) is 0 Å². The summed E-state index contributed by atoms with van der Waals surface area (Å²) in [7, 11) is 0. The number of nitrogens with two attached hydrogens (primary N) is 2. The van der Waals surface area contributed by atoms with Crippen LogP contribution >= 0.6 is 11.6 Å². The fraction of sp³-hybridized carbons (Fsp3) is 0.250. The minimum Gasteiger partial charge on any atom is -0.367 e. The zero-order chi connectivity index (χ0) is 9.02. The Balaban J connectivity index is 3.95. The molecule has 0 aromatic heterocycles. The van der Waals surface area contributed by atoms with Crippen molar-refractivity contribution >= 4 is 29.3 Å². The lowest BCUT2D eigenvalue weighted by Crippen LogP contribution is -2.45. The van der Waals surface area contributed by atoms with E-state index in [4.69, 9.17) is 11.6 Å². The number of carbonyl (C=O) groups is 3. The van der Waals surface area contributed by atoms with E-state index in [9.17, 15) is 14.4 Å². The first-order chi connectivity index (χ1) is 4.95. The van der Waals surface area contributed by atoms with Crippen LogP contribution < -0.4 is 16.8 Å². The molecule has 5 N–H and O–H groups in total. The van der Waals surface area contributed by atoms with Gasteiger partial charge in [-0.05, 0) is 0 Å². The molecule has 0 heterocycles. The summed E-state index contributed by atoms with van der Waals surface area (Å²) in [5, 5.41) is 1.76. The van der Waals surface area contributed by atoms with Crippen molar-refractivity contribution in [3.63, 3.8) is 0 Å². The monoisotopic (exact) mass is 179 g/mol. The van der Waals surface area contributed by atoms with E-state index in [2.05, 4.69) is 11.5 Å². The molecule has 0 aliphatic heterocycles. The Morgan fingerprint density at radius 3 is 2.00 bits per heavy atom. The van der Waals surface area contributed by atoms with Gasteiger partial charge in [0.15, 0.2) is 5.50 Å². The van der Waals surface area contributed by atoms with Crippen molar-refractivity contribution in [3.8, 4) is 0 Å². The maximum atomic E-state index is 10.4. The first-order valence-corrected chi connectivity index (χ1v) is 2.92. The van der Waals surface area contributed by atoms with Crippen LogP contribution in [-0.4, -0.2) is 23.2 Å². The van der Waals surface area contributed by atoms with E-state index >= 15 is 0 Å². The summed E-state index contributed by atoms with van der Waals surface area (Å²) in [5.41, 5.74) is 7.76. The average Bonchev–Trinajstić information content (AvgIpc) is 1.87. The second-order valence-corrected chi connectivity index (χ2v) is 2.04. The van der Waals surface area contributed by atoms with Gasteiger partial charge in [-0.3, -0.25) is 14.4 Å². The van der Waals surface area contributed by atoms with Crippen LogP contribution in [0.4, 0.5) is 0 Å². The predicted octanol–water partition coefficient (Wildman–Crippen LogP) is -2.36. The first-order valence-electron chi connectivity index (χ1n) is 2.49. The normalized spacial score (nSPS) is 11.7. The van der Waals surface area contributed by atoms with Crippen LogP contribution in [0.2, 0.25) is 0 Å². The number of nitrogens with one attached hydrogen (secondary N) is 1. The standard InChI is InChI=1S/C4H6ClN3O3/c5-1(2(6)9)8-4(11)3(7)10/h1H,(H2,6,9)(H2,7,10)(H,8,11). The topological polar surface area (TPSA) is 115 Å². The molecule has 0 aliphatic carbocycles. The van der Waals surface area contributed by atoms with Crippen molar-refractivity contribution in [1.29, 1.82) is 0 Å². The molecule has 0 aromatic rings. The van der Waals surface area contributed by atoms with Gasteiger partial charge in [-0.1, -0.05) is 11.6 Å². The van der Waals surface area contributed by atoms with E-state index in [1.165, 1.54) is 0 Å². The summed E-state index contributed by atoms with van der Waals surface area (Å²) >= 11 is 5.14. The molecular formula is C4H6ClN3O3. The third kappa shape index (κ3) is 3.41. The molecule has 6 nitrogen and oxygen atoms in total. The van der Waals surface area contributed by atoms with E-state index < -0.39 is 23.2 Å². The van der Waals surface area contributed by atoms with Crippen LogP contribution in [-0.2, 0) is 14.4 Å². The van der Waals surface area contributed by atoms with Gasteiger partial charge in [0.25, 0.3) is 5.91 Å². The highest BCUT2D eigenvalue weighted by Gasteiger charge is 2.17. The molecule has 0 fully saturated rings. The largest absolute Gasteiger partial charge is 0.367 e. The molecule has 0 saturated heterocycles. The van der Waals surface area contributed by atoms with Gasteiger partial charge < -0.3 is 16.8 Å². The maximum absolute atomic E-state index is 10.4. The number of alkyl halides is 1. The molecule has 0 radical (unpaired) electrons. The molecule has 62 valence electrons. The van der Waals surface area contributed by atoms with E-state index in [-0.39, 0.29) is 0 Å². The highest BCUT2D eigenvalue weighted by molar-refractivity contribution is 6.38. The van der Waals surface area contributed by atoms with Gasteiger partial charge in [-0.2, -0.15) is 0 Å². The maximum Gasteiger partial charge on any atom is 0.310 e. The number of hydrogen-bond donors (Lipinski definition) is 3. The molecule has 7 heteroatoms. The molecule has 0 aliphatic rings. The van der Waals surface area contributed by atoms with Gasteiger partial charge in [0.1, 0.15) is 0 Å². The number of carbonyl (C=O) groups excluding carboxylic acids is 3. The molecule has 0 bridgehead atoms. The quantitative estimate of drug-likeness (QED) is 0.250. The lowest BCUT2D eigenvalue weighted by molar-refractivity contribution is -0.138. The summed E-state index contributed by atoms with van der Waals surface area (Å²) in [4.78, 5) is 30.6. The second kappa shape index (κ2) is 3.77. The van der Waals surface area contributed by atoms with Crippen molar-refractivity contribution < 1.29 is 14.4 Å². The Hall–Kier alpha value is -1.30. The SMILES string of the molecule is NC(=O)C(=O)NC(Cl)C(N)=O. The zero-order valence-corrected chi connectivity index (χ0v) is 6.09. The Morgan fingerprint density at radius 1 is 1.27 bits per heavy atom. The molecule has 0 spiro atoms. The van der Waals surface area contributed by atoms with Gasteiger partial charge >= 0.3 is 11.8 Å². The molecule has 0 saturated carbocycles. The third-order valence-corrected chi connectivity index (χ3v) is 1.06. The minimum atomic E-state index is -1.41. The minimum absolute atomic E-state index is 0.957. The van der Waals surface area contributed by atoms with Crippen LogP contribution in [0.15, 0.2) is 0 Å². The zero-order valence-electron chi connectivity index (χ0n) is 5.33. The summed E-state index contributed by atoms with van der Waals surface area (Å²) < 4.78 is 0. The second-order valence-electron chi connectivity index (χ2n) is 1.60. The molecule has 0 rings (SSSR count). The fourth-order valence-electron chi connectivity index (χ4n) is 0.257. The van der Waals surface area contributed by atoms with Crippen molar-refractivity contribution in [3.05, 3.63) is 0 Å². The number of primary amides is 2. The van der Waals surface area contributed by atoms with Crippen LogP contribution in [0, 0.1) is 0 Å². The van der Waals surface area contributed by atoms with Gasteiger partial charge in [0.05, 0.1) is 0 Å². The van der Waals surface area contributed by atoms with E-state index in [0.717, 1.165) is 0 Å². The van der Waals surface area contributed by atoms with E-state index in [1.54, 1.807) is 5.32 Å². The molecule has 1 atom stereocenters. The van der Waals surface area contributed by atoms with Crippen molar-refractivity contribution in [2.75, 3.05) is 0 Å². The Kier molecular flexibility index (Phi) is 3.32. The smallest absolute Gasteiger partial charge is 0.310 e. The Morgan fingerprint density at radius 2 is 1.73 bits per heavy atom. The van der Waals surface area contributed by atoms with Crippen LogP contribution in [0.25, 0.3) is 0 Å². The van der Waals surface area contributed by atoms with Gasteiger partial charge in [0, 0.05) is 0 Å². The van der Waals surface area contributed by atoms with Gasteiger partial charge in [-0.15, -0.1) is 0 Å².